The Bertz CT molecular complexity index is 325. The molecule has 2 atom stereocenters. The Labute approximate surface area is 96.6 Å². The molecular weight excluding hydrogens is 204 g/mol. The minimum absolute atomic E-state index is 0.777. The maximum Gasteiger partial charge on any atom is 0.0257 e. The van der Waals surface area contributed by atoms with Gasteiger partial charge in [-0.3, -0.25) is 0 Å². The SMILES string of the molecule is ClCC1C2CCC1Cc1ccccc1C2. The van der Waals surface area contributed by atoms with Gasteiger partial charge in [-0.15, -0.1) is 11.6 Å². The lowest BCUT2D eigenvalue weighted by molar-refractivity contribution is 0.354. The van der Waals surface area contributed by atoms with Crippen molar-refractivity contribution in [3.63, 3.8) is 0 Å². The molecule has 0 nitrogen and oxygen atoms in total. The molecule has 0 radical (unpaired) electrons. The largest absolute Gasteiger partial charge is 0.126 e. The number of fused-ring (bicyclic) bond motifs is 3. The van der Waals surface area contributed by atoms with Crippen molar-refractivity contribution >= 4 is 11.6 Å². The minimum atomic E-state index is 0.777. The van der Waals surface area contributed by atoms with Gasteiger partial charge in [0, 0.05) is 5.88 Å². The number of hydrogen-bond acceptors (Lipinski definition) is 0. The molecule has 15 heavy (non-hydrogen) atoms. The van der Waals surface area contributed by atoms with E-state index in [-0.39, 0.29) is 0 Å². The Morgan fingerprint density at radius 2 is 1.53 bits per heavy atom. The Kier molecular flexibility index (Phi) is 2.48. The highest BCUT2D eigenvalue weighted by atomic mass is 35.5. The number of alkyl halides is 1. The summed E-state index contributed by atoms with van der Waals surface area (Å²) >= 11 is 6.13. The zero-order valence-electron chi connectivity index (χ0n) is 8.95. The van der Waals surface area contributed by atoms with E-state index in [4.69, 9.17) is 11.6 Å². The number of rotatable bonds is 1. The molecule has 1 fully saturated rings. The molecule has 80 valence electrons. The quantitative estimate of drug-likeness (QED) is 0.634. The number of benzene rings is 1. The second-order valence-electron chi connectivity index (χ2n) is 5.09. The van der Waals surface area contributed by atoms with Crippen molar-refractivity contribution in [1.82, 2.24) is 0 Å². The average Bonchev–Trinajstić information content (AvgIpc) is 2.54. The van der Waals surface area contributed by atoms with Gasteiger partial charge >= 0.3 is 0 Å². The molecule has 0 spiro atoms. The zero-order valence-corrected chi connectivity index (χ0v) is 9.71. The van der Waals surface area contributed by atoms with Crippen molar-refractivity contribution in [2.24, 2.45) is 17.8 Å². The summed E-state index contributed by atoms with van der Waals surface area (Å²) in [7, 11) is 0. The van der Waals surface area contributed by atoms with Crippen LogP contribution < -0.4 is 0 Å². The van der Waals surface area contributed by atoms with Gasteiger partial charge in [0.15, 0.2) is 0 Å². The Balaban J connectivity index is 1.97. The molecule has 0 heterocycles. The van der Waals surface area contributed by atoms with Crippen LogP contribution >= 0.6 is 11.6 Å². The van der Waals surface area contributed by atoms with Crippen LogP contribution in [-0.2, 0) is 12.8 Å². The Morgan fingerprint density at radius 1 is 1.00 bits per heavy atom. The van der Waals surface area contributed by atoms with E-state index in [1.165, 1.54) is 25.7 Å². The first-order valence-corrected chi connectivity index (χ1v) is 6.54. The highest BCUT2D eigenvalue weighted by molar-refractivity contribution is 6.18. The first-order valence-electron chi connectivity index (χ1n) is 6.01. The third-order valence-electron chi connectivity index (χ3n) is 4.38. The van der Waals surface area contributed by atoms with E-state index < -0.39 is 0 Å². The third-order valence-corrected chi connectivity index (χ3v) is 4.74. The first-order chi connectivity index (χ1) is 7.38. The van der Waals surface area contributed by atoms with Gasteiger partial charge in [0.05, 0.1) is 0 Å². The molecule has 2 aliphatic carbocycles. The van der Waals surface area contributed by atoms with Crippen LogP contribution in [0.3, 0.4) is 0 Å². The predicted octanol–water partition coefficient (Wildman–Crippen LogP) is 3.67. The van der Waals surface area contributed by atoms with Gasteiger partial charge in [0.1, 0.15) is 0 Å². The maximum absolute atomic E-state index is 6.13. The van der Waals surface area contributed by atoms with Gasteiger partial charge in [-0.25, -0.2) is 0 Å². The molecule has 0 aromatic heterocycles. The topological polar surface area (TPSA) is 0 Å². The van der Waals surface area contributed by atoms with E-state index in [0.29, 0.717) is 0 Å². The van der Waals surface area contributed by atoms with Gasteiger partial charge in [0.25, 0.3) is 0 Å². The molecule has 0 aliphatic heterocycles. The molecule has 3 rings (SSSR count). The lowest BCUT2D eigenvalue weighted by Gasteiger charge is -2.18. The van der Waals surface area contributed by atoms with Crippen molar-refractivity contribution in [2.75, 3.05) is 5.88 Å². The highest BCUT2D eigenvalue weighted by Crippen LogP contribution is 2.44. The van der Waals surface area contributed by atoms with Crippen LogP contribution in [-0.4, -0.2) is 5.88 Å². The number of halogens is 1. The van der Waals surface area contributed by atoms with Crippen LogP contribution in [0, 0.1) is 17.8 Å². The standard InChI is InChI=1S/C14H17Cl/c15-9-14-12-5-6-13(14)8-11-4-2-1-3-10(11)7-12/h1-4,12-14H,5-9H2. The Hall–Kier alpha value is -0.490. The molecule has 1 aromatic carbocycles. The summed E-state index contributed by atoms with van der Waals surface area (Å²) in [4.78, 5) is 0. The van der Waals surface area contributed by atoms with E-state index in [1.807, 2.05) is 0 Å². The normalized spacial score (nSPS) is 33.5. The van der Waals surface area contributed by atoms with E-state index in [9.17, 15) is 0 Å². The monoisotopic (exact) mass is 220 g/mol. The summed E-state index contributed by atoms with van der Waals surface area (Å²) in [6.45, 7) is 0. The van der Waals surface area contributed by atoms with Crippen LogP contribution in [0.5, 0.6) is 0 Å². The van der Waals surface area contributed by atoms with Crippen LogP contribution in [0.4, 0.5) is 0 Å². The second kappa shape index (κ2) is 3.83. The van der Waals surface area contributed by atoms with E-state index in [1.54, 1.807) is 11.1 Å². The summed E-state index contributed by atoms with van der Waals surface area (Å²) in [5.41, 5.74) is 3.17. The van der Waals surface area contributed by atoms with Gasteiger partial charge in [-0.2, -0.15) is 0 Å². The van der Waals surface area contributed by atoms with Crippen LogP contribution in [0.2, 0.25) is 0 Å². The smallest absolute Gasteiger partial charge is 0.0257 e. The molecule has 0 amide bonds. The lowest BCUT2D eigenvalue weighted by Crippen LogP contribution is -2.16. The molecule has 1 aromatic rings. The van der Waals surface area contributed by atoms with Gasteiger partial charge in [0.2, 0.25) is 0 Å². The van der Waals surface area contributed by atoms with Crippen LogP contribution in [0.1, 0.15) is 24.0 Å². The van der Waals surface area contributed by atoms with Gasteiger partial charge in [-0.1, -0.05) is 24.3 Å². The zero-order chi connectivity index (χ0) is 10.3. The third kappa shape index (κ3) is 1.59. The molecule has 2 unspecified atom stereocenters. The van der Waals surface area contributed by atoms with Crippen molar-refractivity contribution < 1.29 is 0 Å². The summed E-state index contributed by atoms with van der Waals surface area (Å²) in [6, 6.07) is 8.96. The van der Waals surface area contributed by atoms with Crippen LogP contribution in [0.25, 0.3) is 0 Å². The van der Waals surface area contributed by atoms with Crippen molar-refractivity contribution in [1.29, 1.82) is 0 Å². The molecule has 1 heteroatoms. The Morgan fingerprint density at radius 3 is 2.00 bits per heavy atom. The summed E-state index contributed by atoms with van der Waals surface area (Å²) < 4.78 is 0. The minimum Gasteiger partial charge on any atom is -0.126 e. The van der Waals surface area contributed by atoms with Crippen molar-refractivity contribution in [3.8, 4) is 0 Å². The fourth-order valence-corrected chi connectivity index (χ4v) is 4.02. The fraction of sp³-hybridized carbons (Fsp3) is 0.571. The second-order valence-corrected chi connectivity index (χ2v) is 5.40. The molecule has 2 aliphatic rings. The molecule has 2 bridgehead atoms. The fourth-order valence-electron chi connectivity index (χ4n) is 3.52. The predicted molar refractivity (Wildman–Crippen MR) is 64.3 cm³/mol. The average molecular weight is 221 g/mol. The van der Waals surface area contributed by atoms with E-state index >= 15 is 0 Å². The molecule has 0 N–H and O–H groups in total. The summed E-state index contributed by atoms with van der Waals surface area (Å²) in [5.74, 6) is 3.36. The molecular formula is C14H17Cl. The van der Waals surface area contributed by atoms with Gasteiger partial charge < -0.3 is 0 Å². The van der Waals surface area contributed by atoms with Crippen molar-refractivity contribution in [2.45, 2.75) is 25.7 Å². The van der Waals surface area contributed by atoms with E-state index in [2.05, 4.69) is 24.3 Å². The lowest BCUT2D eigenvalue weighted by atomic mass is 9.89. The number of hydrogen-bond donors (Lipinski definition) is 0. The van der Waals surface area contributed by atoms with E-state index in [0.717, 1.165) is 23.6 Å². The summed E-state index contributed by atoms with van der Waals surface area (Å²) in [5, 5.41) is 0. The van der Waals surface area contributed by atoms with Crippen LogP contribution in [0.15, 0.2) is 24.3 Å². The van der Waals surface area contributed by atoms with Gasteiger partial charge in [-0.05, 0) is 54.6 Å². The highest BCUT2D eigenvalue weighted by Gasteiger charge is 2.37. The van der Waals surface area contributed by atoms with Crippen molar-refractivity contribution in [3.05, 3.63) is 35.4 Å². The first kappa shape index (κ1) is 9.72. The molecule has 0 saturated heterocycles. The maximum atomic E-state index is 6.13. The summed E-state index contributed by atoms with van der Waals surface area (Å²) in [6.07, 6.45) is 5.33. The molecule has 1 saturated carbocycles.